The van der Waals surface area contributed by atoms with E-state index in [0.29, 0.717) is 24.3 Å². The summed E-state index contributed by atoms with van der Waals surface area (Å²) in [5.74, 6) is 0.741. The zero-order chi connectivity index (χ0) is 13.5. The topological polar surface area (TPSA) is 54.3 Å². The smallest absolute Gasteiger partial charge is 0.120 e. The first-order chi connectivity index (χ1) is 9.29. The lowest BCUT2D eigenvalue weighted by Gasteiger charge is -2.20. The number of nitrogens with zero attached hydrogens (tertiary/aromatic N) is 1. The van der Waals surface area contributed by atoms with E-state index in [1.165, 1.54) is 0 Å². The van der Waals surface area contributed by atoms with Crippen molar-refractivity contribution in [2.45, 2.75) is 31.9 Å². The highest BCUT2D eigenvalue weighted by Crippen LogP contribution is 2.15. The highest BCUT2D eigenvalue weighted by Gasteiger charge is 2.21. The van der Waals surface area contributed by atoms with Crippen molar-refractivity contribution in [3.05, 3.63) is 29.8 Å². The fraction of sp³-hybridized carbons (Fsp3) is 0.533. The normalized spacial score (nSPS) is 19.9. The van der Waals surface area contributed by atoms with Crippen LogP contribution in [-0.2, 0) is 4.74 Å². The molecule has 1 saturated heterocycles. The average Bonchev–Trinajstić information content (AvgIpc) is 2.98. The summed E-state index contributed by atoms with van der Waals surface area (Å²) in [6.07, 6.45) is 2.63. The van der Waals surface area contributed by atoms with Crippen LogP contribution in [0.25, 0.3) is 0 Å². The summed E-state index contributed by atoms with van der Waals surface area (Å²) in [5, 5.41) is 12.2. The molecule has 0 saturated carbocycles. The minimum absolute atomic E-state index is 0.335. The van der Waals surface area contributed by atoms with Crippen molar-refractivity contribution in [1.82, 2.24) is 5.32 Å². The largest absolute Gasteiger partial charge is 0.492 e. The minimum Gasteiger partial charge on any atom is -0.492 e. The van der Waals surface area contributed by atoms with Crippen LogP contribution >= 0.6 is 0 Å². The zero-order valence-electron chi connectivity index (χ0n) is 11.3. The maximum atomic E-state index is 8.80. The summed E-state index contributed by atoms with van der Waals surface area (Å²) in [6.45, 7) is 4.39. The molecule has 0 spiro atoms. The van der Waals surface area contributed by atoms with Crippen LogP contribution in [0.5, 0.6) is 5.75 Å². The Morgan fingerprint density at radius 2 is 2.47 bits per heavy atom. The minimum atomic E-state index is 0.335. The van der Waals surface area contributed by atoms with Crippen LogP contribution in [-0.4, -0.2) is 31.9 Å². The summed E-state index contributed by atoms with van der Waals surface area (Å²) in [6, 6.07) is 9.68. The second kappa shape index (κ2) is 7.13. The Kier molecular flexibility index (Phi) is 5.20. The number of hydrogen-bond acceptors (Lipinski definition) is 4. The van der Waals surface area contributed by atoms with Gasteiger partial charge in [0.2, 0.25) is 0 Å². The van der Waals surface area contributed by atoms with Crippen molar-refractivity contribution in [2.75, 3.05) is 19.8 Å². The number of hydrogen-bond donors (Lipinski definition) is 1. The van der Waals surface area contributed by atoms with Crippen LogP contribution in [0.1, 0.15) is 25.3 Å². The lowest BCUT2D eigenvalue weighted by Crippen LogP contribution is -2.39. The summed E-state index contributed by atoms with van der Waals surface area (Å²) in [5.41, 5.74) is 0.623. The Hall–Kier alpha value is -1.57. The van der Waals surface area contributed by atoms with Gasteiger partial charge in [0, 0.05) is 19.2 Å². The molecule has 1 fully saturated rings. The zero-order valence-corrected chi connectivity index (χ0v) is 11.3. The summed E-state index contributed by atoms with van der Waals surface area (Å²) < 4.78 is 11.2. The molecule has 19 heavy (non-hydrogen) atoms. The van der Waals surface area contributed by atoms with Gasteiger partial charge in [0.25, 0.3) is 0 Å². The number of nitrogens with one attached hydrogen (secondary N) is 1. The molecule has 4 heteroatoms. The van der Waals surface area contributed by atoms with Crippen LogP contribution in [0.2, 0.25) is 0 Å². The highest BCUT2D eigenvalue weighted by molar-refractivity contribution is 5.36. The quantitative estimate of drug-likeness (QED) is 0.796. The molecule has 1 aliphatic rings. The standard InChI is InChI=1S/C15H20N2O2/c1-12(15-6-3-8-19-15)17-7-9-18-14-5-2-4-13(10-14)11-16/h2,4-5,10,12,15,17H,3,6-9H2,1H3/t12-,15-/m1/s1. The molecule has 1 aromatic rings. The van der Waals surface area contributed by atoms with Crippen LogP contribution in [0, 0.1) is 11.3 Å². The van der Waals surface area contributed by atoms with E-state index < -0.39 is 0 Å². The molecule has 4 nitrogen and oxygen atoms in total. The Labute approximate surface area is 114 Å². The second-order valence-electron chi connectivity index (χ2n) is 4.78. The molecule has 102 valence electrons. The first-order valence-corrected chi connectivity index (χ1v) is 6.77. The fourth-order valence-corrected chi connectivity index (χ4v) is 2.24. The lowest BCUT2D eigenvalue weighted by molar-refractivity contribution is 0.0824. The first-order valence-electron chi connectivity index (χ1n) is 6.77. The molecule has 0 aromatic heterocycles. The van der Waals surface area contributed by atoms with Crippen molar-refractivity contribution in [2.24, 2.45) is 0 Å². The Bertz CT molecular complexity index is 436. The third-order valence-electron chi connectivity index (χ3n) is 3.32. The molecule has 2 rings (SSSR count). The predicted molar refractivity (Wildman–Crippen MR) is 73.1 cm³/mol. The second-order valence-corrected chi connectivity index (χ2v) is 4.78. The number of ether oxygens (including phenoxy) is 2. The van der Waals surface area contributed by atoms with E-state index in [1.807, 2.05) is 12.1 Å². The number of benzene rings is 1. The average molecular weight is 260 g/mol. The summed E-state index contributed by atoms with van der Waals surface area (Å²) >= 11 is 0. The van der Waals surface area contributed by atoms with E-state index in [9.17, 15) is 0 Å². The van der Waals surface area contributed by atoms with Gasteiger partial charge in [0.15, 0.2) is 0 Å². The molecular formula is C15H20N2O2. The maximum Gasteiger partial charge on any atom is 0.120 e. The van der Waals surface area contributed by atoms with Gasteiger partial charge in [-0.2, -0.15) is 5.26 Å². The molecule has 2 atom stereocenters. The van der Waals surface area contributed by atoms with Crippen molar-refractivity contribution >= 4 is 0 Å². The Balaban J connectivity index is 1.67. The molecule has 1 heterocycles. The molecule has 0 amide bonds. The molecule has 0 bridgehead atoms. The van der Waals surface area contributed by atoms with Crippen LogP contribution in [0.3, 0.4) is 0 Å². The maximum absolute atomic E-state index is 8.80. The molecule has 0 unspecified atom stereocenters. The summed E-state index contributed by atoms with van der Waals surface area (Å²) in [7, 11) is 0. The Morgan fingerprint density at radius 3 is 3.21 bits per heavy atom. The van der Waals surface area contributed by atoms with Gasteiger partial charge in [-0.15, -0.1) is 0 Å². The number of rotatable bonds is 6. The summed E-state index contributed by atoms with van der Waals surface area (Å²) in [4.78, 5) is 0. The Morgan fingerprint density at radius 1 is 1.58 bits per heavy atom. The molecule has 1 aliphatic heterocycles. The van der Waals surface area contributed by atoms with Gasteiger partial charge in [-0.3, -0.25) is 0 Å². The van der Waals surface area contributed by atoms with Crippen LogP contribution < -0.4 is 10.1 Å². The van der Waals surface area contributed by atoms with Gasteiger partial charge in [-0.25, -0.2) is 0 Å². The van der Waals surface area contributed by atoms with Gasteiger partial charge in [0.1, 0.15) is 12.4 Å². The molecule has 1 N–H and O–H groups in total. The molecular weight excluding hydrogens is 240 g/mol. The molecule has 0 radical (unpaired) electrons. The lowest BCUT2D eigenvalue weighted by atomic mass is 10.1. The van der Waals surface area contributed by atoms with E-state index in [4.69, 9.17) is 14.7 Å². The van der Waals surface area contributed by atoms with Crippen LogP contribution in [0.15, 0.2) is 24.3 Å². The van der Waals surface area contributed by atoms with Crippen molar-refractivity contribution < 1.29 is 9.47 Å². The molecule has 0 aliphatic carbocycles. The van der Waals surface area contributed by atoms with Gasteiger partial charge in [-0.1, -0.05) is 6.07 Å². The van der Waals surface area contributed by atoms with Gasteiger partial charge >= 0.3 is 0 Å². The highest BCUT2D eigenvalue weighted by atomic mass is 16.5. The van der Waals surface area contributed by atoms with Crippen LogP contribution in [0.4, 0.5) is 0 Å². The first kappa shape index (κ1) is 13.9. The third-order valence-corrected chi connectivity index (χ3v) is 3.32. The van der Waals surface area contributed by atoms with Crippen molar-refractivity contribution in [3.63, 3.8) is 0 Å². The predicted octanol–water partition coefficient (Wildman–Crippen LogP) is 2.09. The monoisotopic (exact) mass is 260 g/mol. The number of nitriles is 1. The van der Waals surface area contributed by atoms with E-state index >= 15 is 0 Å². The fourth-order valence-electron chi connectivity index (χ4n) is 2.24. The third kappa shape index (κ3) is 4.23. The van der Waals surface area contributed by atoms with Crippen molar-refractivity contribution in [1.29, 1.82) is 5.26 Å². The SMILES string of the molecule is C[C@@H](NCCOc1cccc(C#N)c1)[C@H]1CCCO1. The van der Waals surface area contributed by atoms with E-state index in [1.54, 1.807) is 12.1 Å². The van der Waals surface area contributed by atoms with Gasteiger partial charge < -0.3 is 14.8 Å². The van der Waals surface area contributed by atoms with E-state index in [0.717, 1.165) is 31.7 Å². The van der Waals surface area contributed by atoms with Gasteiger partial charge in [0.05, 0.1) is 17.7 Å². The molecule has 1 aromatic carbocycles. The van der Waals surface area contributed by atoms with Gasteiger partial charge in [-0.05, 0) is 38.0 Å². The van der Waals surface area contributed by atoms with Crippen molar-refractivity contribution in [3.8, 4) is 11.8 Å². The van der Waals surface area contributed by atoms with E-state index in [2.05, 4.69) is 18.3 Å². The van der Waals surface area contributed by atoms with E-state index in [-0.39, 0.29) is 0 Å².